The normalized spacial score (nSPS) is 11.6. The molecule has 4 nitrogen and oxygen atoms in total. The lowest BCUT2D eigenvalue weighted by Gasteiger charge is -2.12. The van der Waals surface area contributed by atoms with Crippen molar-refractivity contribution in [2.24, 2.45) is 0 Å². The highest BCUT2D eigenvalue weighted by Gasteiger charge is 2.33. The Morgan fingerprint density at radius 2 is 2.12 bits per heavy atom. The maximum atomic E-state index is 12.0. The molecule has 16 heavy (non-hydrogen) atoms. The summed E-state index contributed by atoms with van der Waals surface area (Å²) in [5.41, 5.74) is -0.891. The van der Waals surface area contributed by atoms with Gasteiger partial charge >= 0.3 is 6.36 Å². The second-order valence-electron chi connectivity index (χ2n) is 2.81. The number of alkyl halides is 4. The largest absolute Gasteiger partial charge is 0.573 e. The summed E-state index contributed by atoms with van der Waals surface area (Å²) in [6.07, 6.45) is -4.93. The van der Waals surface area contributed by atoms with E-state index in [1.807, 2.05) is 0 Å². The predicted octanol–water partition coefficient (Wildman–Crippen LogP) is 1.66. The molecule has 0 aliphatic rings. The van der Waals surface area contributed by atoms with Gasteiger partial charge in [-0.15, -0.1) is 13.2 Å². The predicted molar refractivity (Wildman–Crippen MR) is 52.3 cm³/mol. The highest BCUT2D eigenvalue weighted by molar-refractivity contribution is 9.08. The Balaban J connectivity index is 3.22. The monoisotopic (exact) mass is 301 g/mol. The van der Waals surface area contributed by atoms with Gasteiger partial charge in [0.1, 0.15) is 0 Å². The molecule has 90 valence electrons. The molecule has 0 unspecified atom stereocenters. The molecule has 0 saturated heterocycles. The van der Waals surface area contributed by atoms with E-state index in [-0.39, 0.29) is 16.7 Å². The topological polar surface area (TPSA) is 62.3 Å². The lowest BCUT2D eigenvalue weighted by atomic mass is 10.3. The van der Waals surface area contributed by atoms with Crippen LogP contribution < -0.4 is 10.2 Å². The quantitative estimate of drug-likeness (QED) is 0.835. The average Bonchev–Trinajstić information content (AvgIpc) is 2.19. The zero-order valence-electron chi connectivity index (χ0n) is 7.77. The molecule has 1 aromatic heterocycles. The van der Waals surface area contributed by atoms with Crippen molar-refractivity contribution in [2.75, 3.05) is 0 Å². The maximum Gasteiger partial charge on any atom is 0.573 e. The number of aliphatic hydroxyl groups is 1. The molecule has 1 heterocycles. The third-order valence-electron chi connectivity index (χ3n) is 1.64. The summed E-state index contributed by atoms with van der Waals surface area (Å²) in [4.78, 5) is 13.7. The summed E-state index contributed by atoms with van der Waals surface area (Å²) in [6, 6.07) is 0.854. The molecule has 0 aromatic carbocycles. The van der Waals surface area contributed by atoms with Gasteiger partial charge in [0.05, 0.1) is 12.3 Å². The lowest BCUT2D eigenvalue weighted by molar-refractivity contribution is -0.275. The molecular formula is C8H7BrF3NO3. The van der Waals surface area contributed by atoms with Crippen molar-refractivity contribution < 1.29 is 23.0 Å². The molecule has 1 aromatic rings. The van der Waals surface area contributed by atoms with Crippen molar-refractivity contribution in [1.29, 1.82) is 0 Å². The van der Waals surface area contributed by atoms with Gasteiger partial charge in [0.15, 0.2) is 5.75 Å². The second kappa shape index (κ2) is 4.88. The first-order valence-corrected chi connectivity index (χ1v) is 5.17. The van der Waals surface area contributed by atoms with Crippen LogP contribution in [0, 0.1) is 0 Å². The zero-order valence-corrected chi connectivity index (χ0v) is 9.35. The second-order valence-corrected chi connectivity index (χ2v) is 3.37. The molecule has 0 amide bonds. The standard InChI is InChI=1S/C8H7BrF3NO3/c9-2-5-7(16-8(10,11)12)6(15)1-4(3-14)13-5/h1,14H,2-3H2,(H,13,15). The first-order valence-electron chi connectivity index (χ1n) is 4.05. The van der Waals surface area contributed by atoms with Crippen LogP contribution in [0.3, 0.4) is 0 Å². The van der Waals surface area contributed by atoms with E-state index in [9.17, 15) is 18.0 Å². The number of aliphatic hydroxyl groups excluding tert-OH is 1. The number of H-pyrrole nitrogens is 1. The number of hydrogen-bond acceptors (Lipinski definition) is 3. The Kier molecular flexibility index (Phi) is 3.98. The lowest BCUT2D eigenvalue weighted by Crippen LogP contribution is -2.23. The minimum atomic E-state index is -4.93. The van der Waals surface area contributed by atoms with E-state index in [0.29, 0.717) is 0 Å². The van der Waals surface area contributed by atoms with Gasteiger partial charge in [-0.2, -0.15) is 0 Å². The van der Waals surface area contributed by atoms with Crippen molar-refractivity contribution in [2.45, 2.75) is 18.3 Å². The van der Waals surface area contributed by atoms with Gasteiger partial charge in [-0.25, -0.2) is 0 Å². The fourth-order valence-electron chi connectivity index (χ4n) is 1.07. The van der Waals surface area contributed by atoms with E-state index in [1.54, 1.807) is 0 Å². The fraction of sp³-hybridized carbons (Fsp3) is 0.375. The van der Waals surface area contributed by atoms with E-state index in [0.717, 1.165) is 6.07 Å². The SMILES string of the molecule is O=c1cc(CO)[nH]c(CBr)c1OC(F)(F)F. The van der Waals surface area contributed by atoms with Gasteiger partial charge in [0.2, 0.25) is 5.43 Å². The van der Waals surface area contributed by atoms with E-state index >= 15 is 0 Å². The van der Waals surface area contributed by atoms with Crippen molar-refractivity contribution in [1.82, 2.24) is 4.98 Å². The van der Waals surface area contributed by atoms with Crippen LogP contribution in [0.25, 0.3) is 0 Å². The van der Waals surface area contributed by atoms with Crippen LogP contribution in [0.2, 0.25) is 0 Å². The van der Waals surface area contributed by atoms with Crippen molar-refractivity contribution in [3.8, 4) is 5.75 Å². The van der Waals surface area contributed by atoms with Crippen molar-refractivity contribution in [3.63, 3.8) is 0 Å². The third-order valence-corrected chi connectivity index (χ3v) is 2.20. The minimum Gasteiger partial charge on any atom is -0.400 e. The Morgan fingerprint density at radius 1 is 1.50 bits per heavy atom. The number of hydrogen-bond donors (Lipinski definition) is 2. The third kappa shape index (κ3) is 3.24. The first-order chi connectivity index (χ1) is 7.37. The highest BCUT2D eigenvalue weighted by Crippen LogP contribution is 2.23. The van der Waals surface area contributed by atoms with E-state index in [2.05, 4.69) is 25.7 Å². The number of aromatic amines is 1. The summed E-state index contributed by atoms with van der Waals surface area (Å²) < 4.78 is 39.5. The molecule has 0 saturated carbocycles. The molecular weight excluding hydrogens is 295 g/mol. The van der Waals surface area contributed by atoms with Gasteiger partial charge in [-0.3, -0.25) is 4.79 Å². The number of aromatic nitrogens is 1. The van der Waals surface area contributed by atoms with Gasteiger partial charge in [-0.1, -0.05) is 15.9 Å². The Labute approximate surface area is 96.2 Å². The van der Waals surface area contributed by atoms with Crippen LogP contribution in [0.4, 0.5) is 13.2 Å². The molecule has 8 heteroatoms. The summed E-state index contributed by atoms with van der Waals surface area (Å²) >= 11 is 2.91. The highest BCUT2D eigenvalue weighted by atomic mass is 79.9. The molecule has 1 rings (SSSR count). The van der Waals surface area contributed by atoms with E-state index in [4.69, 9.17) is 5.11 Å². The number of halogens is 4. The van der Waals surface area contributed by atoms with Crippen LogP contribution in [0.15, 0.2) is 10.9 Å². The minimum absolute atomic E-state index is 0.0263. The van der Waals surface area contributed by atoms with Crippen molar-refractivity contribution in [3.05, 3.63) is 27.7 Å². The van der Waals surface area contributed by atoms with Crippen LogP contribution >= 0.6 is 15.9 Å². The van der Waals surface area contributed by atoms with Crippen LogP contribution in [0.1, 0.15) is 11.4 Å². The van der Waals surface area contributed by atoms with Crippen LogP contribution in [-0.4, -0.2) is 16.5 Å². The van der Waals surface area contributed by atoms with Crippen LogP contribution in [0.5, 0.6) is 5.75 Å². The summed E-state index contributed by atoms with van der Waals surface area (Å²) in [7, 11) is 0. The first kappa shape index (κ1) is 13.0. The van der Waals surface area contributed by atoms with Gasteiger partial charge in [-0.05, 0) is 0 Å². The molecule has 0 bridgehead atoms. The summed E-state index contributed by atoms with van der Waals surface area (Å²) in [5.74, 6) is -0.818. The molecule has 2 N–H and O–H groups in total. The van der Waals surface area contributed by atoms with Gasteiger partial charge in [0, 0.05) is 17.1 Å². The molecule has 0 aliphatic carbocycles. The fourth-order valence-corrected chi connectivity index (χ4v) is 1.46. The van der Waals surface area contributed by atoms with E-state index < -0.39 is 24.1 Å². The average molecular weight is 302 g/mol. The van der Waals surface area contributed by atoms with Gasteiger partial charge in [0.25, 0.3) is 0 Å². The summed E-state index contributed by atoms with van der Waals surface area (Å²) in [6.45, 7) is -0.471. The van der Waals surface area contributed by atoms with Crippen molar-refractivity contribution >= 4 is 15.9 Å². The maximum absolute atomic E-state index is 12.0. The van der Waals surface area contributed by atoms with Gasteiger partial charge < -0.3 is 14.8 Å². The Hall–Kier alpha value is -1.02. The molecule has 0 spiro atoms. The molecule has 0 fully saturated rings. The summed E-state index contributed by atoms with van der Waals surface area (Å²) in [5, 5.41) is 8.73. The molecule has 0 atom stereocenters. The zero-order chi connectivity index (χ0) is 12.3. The Morgan fingerprint density at radius 3 is 2.56 bits per heavy atom. The van der Waals surface area contributed by atoms with Crippen LogP contribution in [-0.2, 0) is 11.9 Å². The Bertz CT molecular complexity index is 430. The molecule has 0 aliphatic heterocycles. The molecule has 0 radical (unpaired) electrons. The van der Waals surface area contributed by atoms with E-state index in [1.165, 1.54) is 0 Å². The smallest absolute Gasteiger partial charge is 0.400 e. The number of pyridine rings is 1. The number of rotatable bonds is 3. The number of nitrogens with one attached hydrogen (secondary N) is 1. The number of ether oxygens (including phenoxy) is 1.